The van der Waals surface area contributed by atoms with Crippen LogP contribution >= 0.6 is 11.3 Å². The Bertz CT molecular complexity index is 721. The largest absolute Gasteiger partial charge is 0.481 e. The molecule has 7 heteroatoms. The Hall–Kier alpha value is -2.15. The first-order valence-electron chi connectivity index (χ1n) is 7.54. The molecule has 1 amide bonds. The second-order valence-electron chi connectivity index (χ2n) is 5.84. The van der Waals surface area contributed by atoms with E-state index in [1.54, 1.807) is 0 Å². The van der Waals surface area contributed by atoms with Crippen molar-refractivity contribution in [1.29, 1.82) is 0 Å². The normalized spacial score (nSPS) is 20.6. The van der Waals surface area contributed by atoms with E-state index in [2.05, 4.69) is 10.3 Å². The van der Waals surface area contributed by atoms with Gasteiger partial charge in [0.05, 0.1) is 18.0 Å². The lowest BCUT2D eigenvalue weighted by Crippen LogP contribution is -2.34. The summed E-state index contributed by atoms with van der Waals surface area (Å²) >= 11 is 1.44. The molecule has 1 aliphatic rings. The van der Waals surface area contributed by atoms with E-state index in [-0.39, 0.29) is 24.3 Å². The highest BCUT2D eigenvalue weighted by atomic mass is 32.1. The standard InChI is InChI=1S/C16H18N2O4S/c1-9-2-5-13(22-9)15-18-12(8-23-15)7-14(19)17-11-4-3-10(6-11)16(20)21/h2,5,8,10-11H,3-4,6-7H2,1H3,(H,17,19)(H,20,21)/t10-,11+/m0/s1. The lowest BCUT2D eigenvalue weighted by molar-refractivity contribution is -0.141. The van der Waals surface area contributed by atoms with Gasteiger partial charge in [-0.1, -0.05) is 0 Å². The number of carbonyl (C=O) groups excluding carboxylic acids is 1. The van der Waals surface area contributed by atoms with E-state index in [0.29, 0.717) is 24.3 Å². The van der Waals surface area contributed by atoms with Gasteiger partial charge in [-0.25, -0.2) is 4.98 Å². The Morgan fingerprint density at radius 2 is 2.26 bits per heavy atom. The number of nitrogens with one attached hydrogen (secondary N) is 1. The Labute approximate surface area is 137 Å². The van der Waals surface area contributed by atoms with Gasteiger partial charge in [0.1, 0.15) is 5.76 Å². The number of aliphatic carboxylic acids is 1. The molecule has 6 nitrogen and oxygen atoms in total. The van der Waals surface area contributed by atoms with Crippen LogP contribution in [-0.2, 0) is 16.0 Å². The van der Waals surface area contributed by atoms with Crippen molar-refractivity contribution in [2.75, 3.05) is 0 Å². The minimum atomic E-state index is -0.778. The molecule has 0 spiro atoms. The van der Waals surface area contributed by atoms with Crippen LogP contribution in [0.5, 0.6) is 0 Å². The summed E-state index contributed by atoms with van der Waals surface area (Å²) < 4.78 is 5.52. The first kappa shape index (κ1) is 15.7. The molecular weight excluding hydrogens is 316 g/mol. The fourth-order valence-electron chi connectivity index (χ4n) is 2.83. The summed E-state index contributed by atoms with van der Waals surface area (Å²) in [6.45, 7) is 1.87. The third-order valence-electron chi connectivity index (χ3n) is 3.99. The summed E-state index contributed by atoms with van der Waals surface area (Å²) in [6, 6.07) is 3.69. The number of furan rings is 1. The number of amides is 1. The van der Waals surface area contributed by atoms with Crippen LogP contribution in [0.2, 0.25) is 0 Å². The highest BCUT2D eigenvalue weighted by Gasteiger charge is 2.30. The van der Waals surface area contributed by atoms with E-state index >= 15 is 0 Å². The van der Waals surface area contributed by atoms with Gasteiger partial charge in [0, 0.05) is 11.4 Å². The zero-order valence-electron chi connectivity index (χ0n) is 12.7. The molecule has 0 aliphatic heterocycles. The molecule has 0 bridgehead atoms. The average molecular weight is 334 g/mol. The van der Waals surface area contributed by atoms with Gasteiger partial charge in [-0.05, 0) is 38.3 Å². The summed E-state index contributed by atoms with van der Waals surface area (Å²) in [7, 11) is 0. The zero-order chi connectivity index (χ0) is 16.4. The van der Waals surface area contributed by atoms with Crippen molar-refractivity contribution in [3.05, 3.63) is 29.0 Å². The number of carboxylic acids is 1. The maximum absolute atomic E-state index is 12.1. The smallest absolute Gasteiger partial charge is 0.306 e. The minimum absolute atomic E-state index is 0.0468. The number of hydrogen-bond acceptors (Lipinski definition) is 5. The maximum atomic E-state index is 12.1. The van der Waals surface area contributed by atoms with Crippen LogP contribution in [0.3, 0.4) is 0 Å². The molecule has 2 aromatic rings. The van der Waals surface area contributed by atoms with E-state index in [1.807, 2.05) is 24.4 Å². The molecule has 0 unspecified atom stereocenters. The Balaban J connectivity index is 1.54. The van der Waals surface area contributed by atoms with Gasteiger partial charge in [-0.15, -0.1) is 11.3 Å². The summed E-state index contributed by atoms with van der Waals surface area (Å²) in [6.07, 6.45) is 2.05. The fourth-order valence-corrected chi connectivity index (χ4v) is 3.61. The molecule has 3 rings (SSSR count). The van der Waals surface area contributed by atoms with Gasteiger partial charge < -0.3 is 14.8 Å². The van der Waals surface area contributed by atoms with Crippen LogP contribution in [0.1, 0.15) is 30.7 Å². The topological polar surface area (TPSA) is 92.4 Å². The van der Waals surface area contributed by atoms with E-state index in [4.69, 9.17) is 9.52 Å². The molecule has 2 aromatic heterocycles. The van der Waals surface area contributed by atoms with E-state index in [0.717, 1.165) is 17.2 Å². The molecule has 2 N–H and O–H groups in total. The van der Waals surface area contributed by atoms with E-state index in [1.165, 1.54) is 11.3 Å². The molecule has 1 aliphatic carbocycles. The van der Waals surface area contributed by atoms with Gasteiger partial charge in [0.2, 0.25) is 5.91 Å². The van der Waals surface area contributed by atoms with E-state index < -0.39 is 5.97 Å². The maximum Gasteiger partial charge on any atom is 0.306 e. The SMILES string of the molecule is Cc1ccc(-c2nc(CC(=O)N[C@@H]3CC[C@H](C(=O)O)C3)cs2)o1. The second-order valence-corrected chi connectivity index (χ2v) is 6.70. The number of rotatable bonds is 5. The summed E-state index contributed by atoms with van der Waals surface area (Å²) in [4.78, 5) is 27.4. The van der Waals surface area contributed by atoms with Crippen LogP contribution in [0.4, 0.5) is 0 Å². The minimum Gasteiger partial charge on any atom is -0.481 e. The van der Waals surface area contributed by atoms with Crippen molar-refractivity contribution in [3.63, 3.8) is 0 Å². The third-order valence-corrected chi connectivity index (χ3v) is 4.90. The fraction of sp³-hybridized carbons (Fsp3) is 0.438. The van der Waals surface area contributed by atoms with Gasteiger partial charge >= 0.3 is 5.97 Å². The van der Waals surface area contributed by atoms with Gasteiger partial charge in [0.15, 0.2) is 10.8 Å². The van der Waals surface area contributed by atoms with Gasteiger partial charge in [0.25, 0.3) is 0 Å². The van der Waals surface area contributed by atoms with Crippen molar-refractivity contribution in [1.82, 2.24) is 10.3 Å². The first-order chi connectivity index (χ1) is 11.0. The number of thiazole rings is 1. The summed E-state index contributed by atoms with van der Waals surface area (Å²) in [5.74, 6) is 0.296. The summed E-state index contributed by atoms with van der Waals surface area (Å²) in [5, 5.41) is 14.5. The lowest BCUT2D eigenvalue weighted by Gasteiger charge is -2.11. The molecule has 0 saturated heterocycles. The van der Waals surface area contributed by atoms with Crippen molar-refractivity contribution < 1.29 is 19.1 Å². The molecule has 23 heavy (non-hydrogen) atoms. The molecule has 122 valence electrons. The number of aromatic nitrogens is 1. The molecule has 2 atom stereocenters. The second kappa shape index (κ2) is 6.54. The van der Waals surface area contributed by atoms with Crippen LogP contribution in [-0.4, -0.2) is 28.0 Å². The Morgan fingerprint density at radius 1 is 1.43 bits per heavy atom. The van der Waals surface area contributed by atoms with E-state index in [9.17, 15) is 9.59 Å². The quantitative estimate of drug-likeness (QED) is 0.877. The molecule has 2 heterocycles. The van der Waals surface area contributed by atoms with Crippen LogP contribution < -0.4 is 5.32 Å². The van der Waals surface area contributed by atoms with Gasteiger partial charge in [-0.2, -0.15) is 0 Å². The van der Waals surface area contributed by atoms with Crippen LogP contribution in [0.15, 0.2) is 21.9 Å². The van der Waals surface area contributed by atoms with Crippen LogP contribution in [0.25, 0.3) is 10.8 Å². The first-order valence-corrected chi connectivity index (χ1v) is 8.42. The molecular formula is C16H18N2O4S. The van der Waals surface area contributed by atoms with Crippen molar-refractivity contribution in [3.8, 4) is 10.8 Å². The Kier molecular flexibility index (Phi) is 4.47. The molecule has 0 aromatic carbocycles. The number of nitrogens with zero attached hydrogens (tertiary/aromatic N) is 1. The number of aryl methyl sites for hydroxylation is 1. The van der Waals surface area contributed by atoms with Crippen molar-refractivity contribution in [2.45, 2.75) is 38.6 Å². The lowest BCUT2D eigenvalue weighted by atomic mass is 10.1. The van der Waals surface area contributed by atoms with Crippen molar-refractivity contribution in [2.24, 2.45) is 5.92 Å². The number of carbonyl (C=O) groups is 2. The predicted molar refractivity (Wildman–Crippen MR) is 85.2 cm³/mol. The molecule has 1 fully saturated rings. The average Bonchev–Trinajstić information content (AvgIpc) is 3.19. The van der Waals surface area contributed by atoms with Crippen molar-refractivity contribution >= 4 is 23.2 Å². The third kappa shape index (κ3) is 3.79. The van der Waals surface area contributed by atoms with Crippen LogP contribution in [0, 0.1) is 12.8 Å². The number of hydrogen-bond donors (Lipinski definition) is 2. The molecule has 0 radical (unpaired) electrons. The predicted octanol–water partition coefficient (Wildman–Crippen LogP) is 2.62. The van der Waals surface area contributed by atoms with Gasteiger partial charge in [-0.3, -0.25) is 9.59 Å². The number of carboxylic acid groups (broad SMARTS) is 1. The molecule has 1 saturated carbocycles. The zero-order valence-corrected chi connectivity index (χ0v) is 13.6. The highest BCUT2D eigenvalue weighted by Crippen LogP contribution is 2.27. The Morgan fingerprint density at radius 3 is 2.91 bits per heavy atom. The highest BCUT2D eigenvalue weighted by molar-refractivity contribution is 7.13. The summed E-state index contributed by atoms with van der Waals surface area (Å²) in [5.41, 5.74) is 0.698. The monoisotopic (exact) mass is 334 g/mol.